The van der Waals surface area contributed by atoms with Gasteiger partial charge in [-0.3, -0.25) is 14.2 Å². The largest absolute Gasteiger partial charge is 0.325 e. The van der Waals surface area contributed by atoms with Crippen LogP contribution in [-0.4, -0.2) is 31.2 Å². The number of rotatable bonds is 5. The van der Waals surface area contributed by atoms with E-state index in [4.69, 9.17) is 0 Å². The van der Waals surface area contributed by atoms with Gasteiger partial charge in [0.25, 0.3) is 5.56 Å². The monoisotopic (exact) mass is 405 g/mol. The summed E-state index contributed by atoms with van der Waals surface area (Å²) in [6.45, 7) is 4.00. The number of thioether (sulfide) groups is 1. The fraction of sp³-hybridized carbons (Fsp3) is 0.143. The van der Waals surface area contributed by atoms with Crippen LogP contribution in [0.2, 0.25) is 0 Å². The summed E-state index contributed by atoms with van der Waals surface area (Å²) in [5.74, 6) is 0.00395. The van der Waals surface area contributed by atoms with Gasteiger partial charge in [0, 0.05) is 11.4 Å². The normalized spacial score (nSPS) is 11.0. The summed E-state index contributed by atoms with van der Waals surface area (Å²) in [4.78, 5) is 35.9. The first-order valence-corrected chi connectivity index (χ1v) is 10.0. The lowest BCUT2D eigenvalue weighted by atomic mass is 10.2. The zero-order valence-corrected chi connectivity index (χ0v) is 16.8. The second kappa shape index (κ2) is 7.92. The van der Waals surface area contributed by atoms with Gasteiger partial charge in [0.2, 0.25) is 5.91 Å². The third-order valence-corrected chi connectivity index (χ3v) is 5.32. The first-order chi connectivity index (χ1) is 14.0. The van der Waals surface area contributed by atoms with Crippen LogP contribution in [0.1, 0.15) is 11.1 Å². The Balaban J connectivity index is 1.62. The summed E-state index contributed by atoms with van der Waals surface area (Å²) in [7, 11) is 0. The Kier molecular flexibility index (Phi) is 5.18. The molecule has 0 saturated carbocycles. The number of fused-ring (bicyclic) bond motifs is 1. The van der Waals surface area contributed by atoms with Crippen molar-refractivity contribution in [3.63, 3.8) is 0 Å². The average molecular weight is 405 g/mol. The molecule has 0 atom stereocenters. The number of aryl methyl sites for hydroxylation is 2. The van der Waals surface area contributed by atoms with Crippen LogP contribution in [0.4, 0.5) is 5.69 Å². The Morgan fingerprint density at radius 2 is 1.72 bits per heavy atom. The number of hydrogen-bond acceptors (Lipinski definition) is 5. The van der Waals surface area contributed by atoms with Crippen LogP contribution in [0.5, 0.6) is 0 Å². The molecule has 0 bridgehead atoms. The zero-order chi connectivity index (χ0) is 20.4. The number of hydrogen-bond donors (Lipinski definition) is 2. The number of H-pyrrole nitrogens is 1. The molecule has 0 radical (unpaired) electrons. The van der Waals surface area contributed by atoms with Crippen LogP contribution in [0.15, 0.2) is 64.8 Å². The van der Waals surface area contributed by atoms with Crippen molar-refractivity contribution < 1.29 is 4.79 Å². The molecule has 2 N–H and O–H groups in total. The van der Waals surface area contributed by atoms with Crippen molar-refractivity contribution in [2.24, 2.45) is 0 Å². The van der Waals surface area contributed by atoms with Crippen molar-refractivity contribution in [3.8, 4) is 5.69 Å². The lowest BCUT2D eigenvalue weighted by Crippen LogP contribution is -2.14. The molecule has 4 aromatic rings. The molecule has 0 aliphatic carbocycles. The molecule has 2 aromatic heterocycles. The number of carbonyl (C=O) groups excluding carboxylic acids is 1. The number of nitrogens with one attached hydrogen (secondary N) is 2. The molecule has 0 fully saturated rings. The summed E-state index contributed by atoms with van der Waals surface area (Å²) in [6, 6.07) is 15.5. The van der Waals surface area contributed by atoms with Crippen LogP contribution in [0, 0.1) is 13.8 Å². The van der Waals surface area contributed by atoms with Gasteiger partial charge < -0.3 is 10.3 Å². The molecule has 0 unspecified atom stereocenters. The van der Waals surface area contributed by atoms with Crippen molar-refractivity contribution >= 4 is 34.5 Å². The van der Waals surface area contributed by atoms with Gasteiger partial charge in [0.1, 0.15) is 0 Å². The first-order valence-electron chi connectivity index (χ1n) is 9.04. The molecular weight excluding hydrogens is 386 g/mol. The van der Waals surface area contributed by atoms with E-state index >= 15 is 0 Å². The highest BCUT2D eigenvalue weighted by molar-refractivity contribution is 7.99. The van der Waals surface area contributed by atoms with Gasteiger partial charge in [0.05, 0.1) is 12.1 Å². The number of amides is 1. The van der Waals surface area contributed by atoms with Gasteiger partial charge in [-0.1, -0.05) is 47.2 Å². The maximum atomic E-state index is 12.4. The highest BCUT2D eigenvalue weighted by Crippen LogP contribution is 2.26. The minimum absolute atomic E-state index is 0.150. The lowest BCUT2D eigenvalue weighted by Gasteiger charge is -2.09. The Bertz CT molecular complexity index is 1230. The standard InChI is InChI=1S/C21H19N5O2S/c1-13-3-7-15(8-4-13)24-17(27)11-29-21-25-18-19(22-12-23-20(18)28)26(21)16-9-5-14(2)6-10-16/h3-10,12H,11H2,1-2H3,(H,24,27)(H,22,23,28). The zero-order valence-electron chi connectivity index (χ0n) is 16.0. The third-order valence-electron chi connectivity index (χ3n) is 4.38. The van der Waals surface area contributed by atoms with E-state index < -0.39 is 0 Å². The highest BCUT2D eigenvalue weighted by atomic mass is 32.2. The molecule has 2 heterocycles. The summed E-state index contributed by atoms with van der Waals surface area (Å²) >= 11 is 1.26. The molecule has 4 rings (SSSR count). The van der Waals surface area contributed by atoms with Gasteiger partial charge in [-0.2, -0.15) is 0 Å². The lowest BCUT2D eigenvalue weighted by molar-refractivity contribution is -0.113. The van der Waals surface area contributed by atoms with E-state index in [1.807, 2.05) is 62.4 Å². The molecule has 0 spiro atoms. The van der Waals surface area contributed by atoms with E-state index in [9.17, 15) is 9.59 Å². The molecular formula is C21H19N5O2S. The Morgan fingerprint density at radius 3 is 2.41 bits per heavy atom. The van der Waals surface area contributed by atoms with Crippen LogP contribution in [0.25, 0.3) is 16.9 Å². The van der Waals surface area contributed by atoms with E-state index in [-0.39, 0.29) is 22.7 Å². The van der Waals surface area contributed by atoms with E-state index in [1.165, 1.54) is 18.1 Å². The third kappa shape index (κ3) is 4.07. The van der Waals surface area contributed by atoms with E-state index in [0.717, 1.165) is 22.5 Å². The van der Waals surface area contributed by atoms with Crippen LogP contribution < -0.4 is 10.9 Å². The summed E-state index contributed by atoms with van der Waals surface area (Å²) in [5.41, 5.74) is 4.21. The van der Waals surface area contributed by atoms with Crippen LogP contribution in [-0.2, 0) is 4.79 Å². The molecule has 7 nitrogen and oxygen atoms in total. The van der Waals surface area contributed by atoms with Gasteiger partial charge in [-0.05, 0) is 38.1 Å². The first kappa shape index (κ1) is 18.9. The van der Waals surface area contributed by atoms with Crippen molar-refractivity contribution in [3.05, 3.63) is 76.3 Å². The Hall–Kier alpha value is -3.39. The SMILES string of the molecule is Cc1ccc(NC(=O)CSc2nc3c(=O)[nH]cnc3n2-c2ccc(C)cc2)cc1. The summed E-state index contributed by atoms with van der Waals surface area (Å²) < 4.78 is 1.80. The maximum absolute atomic E-state index is 12.4. The van der Waals surface area contributed by atoms with Crippen LogP contribution >= 0.6 is 11.8 Å². The second-order valence-electron chi connectivity index (χ2n) is 6.67. The molecule has 29 heavy (non-hydrogen) atoms. The number of benzene rings is 2. The van der Waals surface area contributed by atoms with E-state index in [2.05, 4.69) is 20.3 Å². The predicted molar refractivity (Wildman–Crippen MR) is 115 cm³/mol. The maximum Gasteiger partial charge on any atom is 0.278 e. The number of aromatic nitrogens is 4. The molecule has 2 aromatic carbocycles. The Morgan fingerprint density at radius 1 is 1.07 bits per heavy atom. The van der Waals surface area contributed by atoms with Gasteiger partial charge in [-0.25, -0.2) is 9.97 Å². The molecule has 8 heteroatoms. The number of anilines is 1. The number of carbonyl (C=O) groups is 1. The van der Waals surface area contributed by atoms with Gasteiger partial charge >= 0.3 is 0 Å². The smallest absolute Gasteiger partial charge is 0.278 e. The van der Waals surface area contributed by atoms with Crippen molar-refractivity contribution in [2.45, 2.75) is 19.0 Å². The minimum atomic E-state index is -0.313. The Labute approximate surface area is 171 Å². The number of imidazole rings is 1. The quantitative estimate of drug-likeness (QED) is 0.496. The summed E-state index contributed by atoms with van der Waals surface area (Å²) in [6.07, 6.45) is 1.36. The highest BCUT2D eigenvalue weighted by Gasteiger charge is 2.17. The topological polar surface area (TPSA) is 92.7 Å². The predicted octanol–water partition coefficient (Wildman–Crippen LogP) is 3.46. The van der Waals surface area contributed by atoms with Crippen molar-refractivity contribution in [1.29, 1.82) is 0 Å². The molecule has 0 saturated heterocycles. The van der Waals surface area contributed by atoms with Gasteiger partial charge in [-0.15, -0.1) is 0 Å². The average Bonchev–Trinajstić information content (AvgIpc) is 3.09. The molecule has 0 aliphatic heterocycles. The van der Waals surface area contributed by atoms with Crippen molar-refractivity contribution in [2.75, 3.05) is 11.1 Å². The fourth-order valence-electron chi connectivity index (χ4n) is 2.87. The van der Waals surface area contributed by atoms with Crippen LogP contribution in [0.3, 0.4) is 0 Å². The van der Waals surface area contributed by atoms with E-state index in [0.29, 0.717) is 10.8 Å². The molecule has 146 valence electrons. The number of nitrogens with zero attached hydrogens (tertiary/aromatic N) is 3. The van der Waals surface area contributed by atoms with Crippen molar-refractivity contribution in [1.82, 2.24) is 19.5 Å². The fourth-order valence-corrected chi connectivity index (χ4v) is 3.68. The second-order valence-corrected chi connectivity index (χ2v) is 7.61. The molecule has 1 amide bonds. The van der Waals surface area contributed by atoms with Gasteiger partial charge in [0.15, 0.2) is 16.3 Å². The number of aromatic amines is 1. The van der Waals surface area contributed by atoms with E-state index in [1.54, 1.807) is 4.57 Å². The molecule has 0 aliphatic rings. The minimum Gasteiger partial charge on any atom is -0.325 e. The summed E-state index contributed by atoms with van der Waals surface area (Å²) in [5, 5.41) is 3.41.